The Balaban J connectivity index is 2.03. The summed E-state index contributed by atoms with van der Waals surface area (Å²) in [6, 6.07) is 7.63. The van der Waals surface area contributed by atoms with E-state index in [2.05, 4.69) is 0 Å². The fourth-order valence-corrected chi connectivity index (χ4v) is 4.11. The van der Waals surface area contributed by atoms with Gasteiger partial charge in [-0.25, -0.2) is 4.79 Å². The zero-order valence-corrected chi connectivity index (χ0v) is 15.2. The molecule has 0 aliphatic carbocycles. The second kappa shape index (κ2) is 6.65. The molecule has 2 heterocycles. The van der Waals surface area contributed by atoms with Crippen molar-refractivity contribution < 1.29 is 24.0 Å². The average molecular weight is 354 g/mol. The first-order valence-corrected chi connectivity index (χ1v) is 9.28. The van der Waals surface area contributed by atoms with E-state index in [1.165, 1.54) is 17.7 Å². The van der Waals surface area contributed by atoms with Gasteiger partial charge in [-0.15, -0.1) is 0 Å². The summed E-state index contributed by atoms with van der Waals surface area (Å²) < 4.78 is 11.3. The molecule has 2 aromatic carbocycles. The van der Waals surface area contributed by atoms with Crippen molar-refractivity contribution >= 4 is 27.7 Å². The van der Waals surface area contributed by atoms with E-state index in [4.69, 9.17) is 9.15 Å². The molecule has 1 fully saturated rings. The first kappa shape index (κ1) is 16.9. The van der Waals surface area contributed by atoms with E-state index in [1.54, 1.807) is 13.8 Å². The lowest BCUT2D eigenvalue weighted by Crippen LogP contribution is -3.08. The number of aromatic hydroxyl groups is 1. The molecule has 1 saturated heterocycles. The fraction of sp³-hybridized carbons (Fsp3) is 0.381. The normalized spacial score (nSPS) is 15.2. The molecule has 0 spiro atoms. The lowest BCUT2D eigenvalue weighted by molar-refractivity contribution is -0.901. The summed E-state index contributed by atoms with van der Waals surface area (Å²) in [6.45, 7) is 6.72. The summed E-state index contributed by atoms with van der Waals surface area (Å²) in [5.74, 6) is 0.391. The van der Waals surface area contributed by atoms with Crippen LogP contribution in [-0.2, 0) is 11.3 Å². The van der Waals surface area contributed by atoms with E-state index < -0.39 is 5.97 Å². The van der Waals surface area contributed by atoms with Gasteiger partial charge in [0, 0.05) is 29.0 Å². The van der Waals surface area contributed by atoms with Crippen molar-refractivity contribution in [3.63, 3.8) is 0 Å². The van der Waals surface area contributed by atoms with Gasteiger partial charge in [-0.1, -0.05) is 24.3 Å². The summed E-state index contributed by atoms with van der Waals surface area (Å²) in [5, 5.41) is 13.3. The van der Waals surface area contributed by atoms with Gasteiger partial charge in [0.05, 0.1) is 25.3 Å². The quantitative estimate of drug-likeness (QED) is 0.707. The molecule has 1 aromatic heterocycles. The molecule has 0 amide bonds. The third-order valence-corrected chi connectivity index (χ3v) is 5.32. The molecule has 0 atom stereocenters. The summed E-state index contributed by atoms with van der Waals surface area (Å²) >= 11 is 0. The number of furan rings is 1. The minimum absolute atomic E-state index is 0.249. The number of phenolic OH excluding ortho intramolecular Hbond substituents is 1. The highest BCUT2D eigenvalue weighted by atomic mass is 16.5. The van der Waals surface area contributed by atoms with Crippen LogP contribution in [-0.4, -0.2) is 30.8 Å². The molecule has 5 heteroatoms. The maximum Gasteiger partial charge on any atom is 0.342 e. The van der Waals surface area contributed by atoms with Gasteiger partial charge in [0.15, 0.2) is 0 Å². The van der Waals surface area contributed by atoms with E-state index in [-0.39, 0.29) is 5.75 Å². The largest absolute Gasteiger partial charge is 0.507 e. The highest BCUT2D eigenvalue weighted by molar-refractivity contribution is 6.16. The van der Waals surface area contributed by atoms with Crippen LogP contribution >= 0.6 is 0 Å². The van der Waals surface area contributed by atoms with Crippen molar-refractivity contribution in [3.8, 4) is 5.75 Å². The molecule has 3 aromatic rings. The van der Waals surface area contributed by atoms with Crippen LogP contribution in [0, 0.1) is 6.92 Å². The Bertz CT molecular complexity index is 983. The topological polar surface area (TPSA) is 64.1 Å². The number of aryl methyl sites for hydroxylation is 1. The number of fused-ring (bicyclic) bond motifs is 3. The maximum absolute atomic E-state index is 12.6. The number of nitrogens with one attached hydrogen (secondary N) is 1. The Hall–Kier alpha value is -2.53. The van der Waals surface area contributed by atoms with Gasteiger partial charge in [0.2, 0.25) is 0 Å². The van der Waals surface area contributed by atoms with Crippen LogP contribution in [0.2, 0.25) is 0 Å². The van der Waals surface area contributed by atoms with E-state index in [9.17, 15) is 9.90 Å². The molecule has 136 valence electrons. The van der Waals surface area contributed by atoms with Crippen molar-refractivity contribution in [1.82, 2.24) is 0 Å². The van der Waals surface area contributed by atoms with E-state index >= 15 is 0 Å². The number of quaternary nitrogens is 1. The van der Waals surface area contributed by atoms with Gasteiger partial charge in [0.1, 0.15) is 29.2 Å². The van der Waals surface area contributed by atoms with Crippen molar-refractivity contribution in [3.05, 3.63) is 41.2 Å². The first-order valence-electron chi connectivity index (χ1n) is 9.28. The number of hydrogen-bond acceptors (Lipinski definition) is 4. The third-order valence-electron chi connectivity index (χ3n) is 5.32. The number of ether oxygens (including phenoxy) is 1. The number of likely N-dealkylation sites (tertiary alicyclic amines) is 1. The lowest BCUT2D eigenvalue weighted by atomic mass is 9.97. The zero-order valence-electron chi connectivity index (χ0n) is 15.2. The Morgan fingerprint density at radius 2 is 1.92 bits per heavy atom. The Labute approximate surface area is 152 Å². The van der Waals surface area contributed by atoms with Crippen molar-refractivity contribution in [2.45, 2.75) is 33.2 Å². The summed E-state index contributed by atoms with van der Waals surface area (Å²) in [5.41, 5.74) is 1.89. The molecule has 0 saturated carbocycles. The summed E-state index contributed by atoms with van der Waals surface area (Å²) in [4.78, 5) is 14.0. The van der Waals surface area contributed by atoms with Gasteiger partial charge < -0.3 is 19.2 Å². The van der Waals surface area contributed by atoms with Gasteiger partial charge in [-0.2, -0.15) is 0 Å². The second-order valence-corrected chi connectivity index (χ2v) is 6.96. The van der Waals surface area contributed by atoms with E-state index in [1.807, 2.05) is 24.3 Å². The first-order chi connectivity index (χ1) is 12.6. The maximum atomic E-state index is 12.6. The average Bonchev–Trinajstić information content (AvgIpc) is 3.26. The number of carbonyl (C=O) groups is 1. The molecule has 26 heavy (non-hydrogen) atoms. The monoisotopic (exact) mass is 354 g/mol. The highest BCUT2D eigenvalue weighted by Crippen LogP contribution is 2.41. The van der Waals surface area contributed by atoms with Crippen molar-refractivity contribution in [1.29, 1.82) is 0 Å². The number of phenols is 1. The summed E-state index contributed by atoms with van der Waals surface area (Å²) in [7, 11) is 0. The molecular formula is C21H24NO4+. The van der Waals surface area contributed by atoms with E-state index in [0.717, 1.165) is 29.4 Å². The number of benzene rings is 2. The minimum atomic E-state index is -0.392. The summed E-state index contributed by atoms with van der Waals surface area (Å²) in [6.07, 6.45) is 2.39. The molecule has 1 aliphatic heterocycles. The van der Waals surface area contributed by atoms with Crippen LogP contribution in [0.4, 0.5) is 0 Å². The third kappa shape index (κ3) is 2.63. The lowest BCUT2D eigenvalue weighted by Gasteiger charge is -2.16. The second-order valence-electron chi connectivity index (χ2n) is 6.96. The fourth-order valence-electron chi connectivity index (χ4n) is 4.11. The minimum Gasteiger partial charge on any atom is -0.507 e. The van der Waals surface area contributed by atoms with Crippen LogP contribution in [0.5, 0.6) is 5.75 Å². The number of rotatable bonds is 4. The molecule has 0 radical (unpaired) electrons. The molecule has 0 bridgehead atoms. The number of carbonyl (C=O) groups excluding carboxylic acids is 1. The van der Waals surface area contributed by atoms with Gasteiger partial charge in [-0.3, -0.25) is 0 Å². The van der Waals surface area contributed by atoms with Gasteiger partial charge in [-0.05, 0) is 13.8 Å². The number of hydrogen-bond donors (Lipinski definition) is 2. The molecular weight excluding hydrogens is 330 g/mol. The van der Waals surface area contributed by atoms with Gasteiger partial charge >= 0.3 is 5.97 Å². The highest BCUT2D eigenvalue weighted by Gasteiger charge is 2.29. The molecule has 0 unspecified atom stereocenters. The Morgan fingerprint density at radius 3 is 2.62 bits per heavy atom. The SMILES string of the molecule is CCOC(=O)c1c(C)oc2c1c(C[NH+]1CCCC1)c(O)c1ccccc12. The van der Waals surface area contributed by atoms with Crippen molar-refractivity contribution in [2.24, 2.45) is 0 Å². The molecule has 4 rings (SSSR count). The molecule has 2 N–H and O–H groups in total. The van der Waals surface area contributed by atoms with Crippen LogP contribution in [0.25, 0.3) is 21.7 Å². The number of esters is 1. The Morgan fingerprint density at radius 1 is 1.23 bits per heavy atom. The predicted octanol–water partition coefficient (Wildman–Crippen LogP) is 2.96. The van der Waals surface area contributed by atoms with Crippen LogP contribution in [0.3, 0.4) is 0 Å². The van der Waals surface area contributed by atoms with E-state index in [0.29, 0.717) is 35.4 Å². The van der Waals surface area contributed by atoms with Crippen LogP contribution in [0.1, 0.15) is 41.4 Å². The smallest absolute Gasteiger partial charge is 0.342 e. The van der Waals surface area contributed by atoms with Crippen LogP contribution < -0.4 is 4.90 Å². The standard InChI is InChI=1S/C21H23NO4/c1-3-25-21(24)17-13(2)26-20-15-9-5-4-8-14(15)19(23)16(18(17)20)12-22-10-6-7-11-22/h4-5,8-9,23H,3,6-7,10-12H2,1-2H3/p+1. The predicted molar refractivity (Wildman–Crippen MR) is 99.7 cm³/mol. The Kier molecular flexibility index (Phi) is 4.32. The molecule has 5 nitrogen and oxygen atoms in total. The van der Waals surface area contributed by atoms with Gasteiger partial charge in [0.25, 0.3) is 0 Å². The molecule has 1 aliphatic rings. The van der Waals surface area contributed by atoms with Crippen molar-refractivity contribution in [2.75, 3.05) is 19.7 Å². The van der Waals surface area contributed by atoms with Crippen LogP contribution in [0.15, 0.2) is 28.7 Å². The zero-order chi connectivity index (χ0) is 18.3.